The quantitative estimate of drug-likeness (QED) is 0.0845. The third-order valence-corrected chi connectivity index (χ3v) is 28.3. The van der Waals surface area contributed by atoms with Crippen LogP contribution in [0, 0.1) is 27.1 Å². The molecular formula is C135H133BN4. The minimum atomic E-state index is -1.98. The Morgan fingerprint density at radius 1 is 0.221 bits per heavy atom. The van der Waals surface area contributed by atoms with Crippen LogP contribution >= 0.6 is 0 Å². The number of fused-ring (bicyclic) bond motifs is 10. The van der Waals surface area contributed by atoms with Gasteiger partial charge in [-0.2, -0.15) is 0 Å². The average molecular weight is 1820 g/mol. The van der Waals surface area contributed by atoms with Gasteiger partial charge in [-0.15, -0.1) is 0 Å². The average Bonchev–Trinajstić information content (AvgIpc) is 0.762. The first-order chi connectivity index (χ1) is 67.5. The van der Waals surface area contributed by atoms with Crippen molar-refractivity contribution in [2.45, 2.75) is 188 Å². The number of hydrogen-bond donors (Lipinski definition) is 0. The fourth-order valence-electron chi connectivity index (χ4n) is 22.4. The summed E-state index contributed by atoms with van der Waals surface area (Å²) in [5.74, 6) is 0. The third kappa shape index (κ3) is 18.2. The Bertz CT molecular complexity index is 7320. The van der Waals surface area contributed by atoms with E-state index in [-0.39, 0.29) is 32.5 Å². The summed E-state index contributed by atoms with van der Waals surface area (Å²) < 4.78 is 28.0. The molecule has 0 radical (unpaired) electrons. The molecule has 2 aliphatic heterocycles. The van der Waals surface area contributed by atoms with E-state index in [4.69, 9.17) is 0 Å². The Kier molecular flexibility index (Phi) is 22.5. The van der Waals surface area contributed by atoms with Gasteiger partial charge >= 0.3 is 0 Å². The van der Waals surface area contributed by atoms with E-state index in [1.54, 1.807) is 0 Å². The molecule has 0 bridgehead atoms. The van der Waals surface area contributed by atoms with Gasteiger partial charge in [-0.3, -0.25) is 0 Å². The molecule has 0 saturated heterocycles. The summed E-state index contributed by atoms with van der Waals surface area (Å²) in [7, 11) is 0. The normalized spacial score (nSPS) is 13.4. The first-order valence-electron chi connectivity index (χ1n) is 51.7. The molecule has 0 unspecified atom stereocenters. The van der Waals surface area contributed by atoms with Crippen LogP contribution < -0.4 is 26.2 Å². The van der Waals surface area contributed by atoms with Gasteiger partial charge in [0, 0.05) is 80.7 Å². The summed E-state index contributed by atoms with van der Waals surface area (Å²) in [4.78, 5) is 5.38. The Balaban J connectivity index is 0.964. The van der Waals surface area contributed by atoms with Gasteiger partial charge in [0.2, 0.25) is 0 Å². The second-order valence-corrected chi connectivity index (χ2v) is 48.0. The lowest BCUT2D eigenvalue weighted by Crippen LogP contribution is -2.61. The van der Waals surface area contributed by atoms with Crippen molar-refractivity contribution in [3.05, 3.63) is 403 Å². The van der Waals surface area contributed by atoms with Gasteiger partial charge in [-0.25, -0.2) is 0 Å². The van der Waals surface area contributed by atoms with Crippen LogP contribution in [0.15, 0.2) is 364 Å². The van der Waals surface area contributed by atoms with Gasteiger partial charge in [-0.05, 0) is 301 Å². The second-order valence-electron chi connectivity index (χ2n) is 48.0. The largest absolute Gasteiger partial charge is 0.310 e. The zero-order valence-electron chi connectivity index (χ0n) is 87.8. The molecule has 140 heavy (non-hydrogen) atoms. The summed E-state index contributed by atoms with van der Waals surface area (Å²) in [6, 6.07) is 139. The van der Waals surface area contributed by atoms with Gasteiger partial charge < -0.3 is 18.9 Å². The van der Waals surface area contributed by atoms with E-state index >= 15 is 0 Å². The SMILES string of the molecule is [2H]C([2H])(c1cc2c3c(c1)N(c1c(-c4cccc(CC(C)(C)C)c4)cc(C(C)(C)C)cc1-c1cccc(CC(C)(C)C)c1)c1cc(-n4c5ccc(-c6ccccc6)cc5c5cc(-c6ccccc6)ccc54)ccc1B3c1ccc(-n3c4ccc(-c5ccccc5)cc4c4cc(-c5ccccc5)ccc43)cc1N2c1c(-c2cccc(CC(C)(C)C)c2)cc(C(C)(C)C)cc1-c1cccc(CC(C)(C)C)c1)C(C)(C)C. The van der Waals surface area contributed by atoms with E-state index in [9.17, 15) is 2.74 Å². The van der Waals surface area contributed by atoms with E-state index in [0.717, 1.165) is 220 Å². The number of hydrogen-bond acceptors (Lipinski definition) is 2. The summed E-state index contributed by atoms with van der Waals surface area (Å²) >= 11 is 0. The molecule has 4 nitrogen and oxygen atoms in total. The highest BCUT2D eigenvalue weighted by molar-refractivity contribution is 7.00. The number of nitrogens with zero attached hydrogens (tertiary/aromatic N) is 4. The standard InChI is InChI=1S/C135H133BN4/c1-129(2,3)82-87-38-34-50-100(66-87)108-76-104(134(16,17)18)77-109(101-51-35-39-88(67-101)83-130(4,5)6)127(108)139-122-80-106(137-118-62-54-96(92-42-26-22-27-43-92)72-112(118)113-73-97(55-63-119(113)137)93-44-28-23-29-45-93)58-60-116(122)136-117-61-59-107(138-120-64-56-98(94-46-30-24-31-47-94)74-114(120)115-75-99(57-65-121(115)138)95-48-32-25-33-49-95)81-123(117)140(125-71-91(86-133(13,14)15)70-124(139)126(125)136)128-110(102-52-36-40-89(68-102)84-131(7,8)9)78-105(135(19,20)21)79-111(128)103-53-37-41-90(69-103)85-132(10,11)12/h22-81H,82-86H2,1-21H3/i86D2. The smallest absolute Gasteiger partial charge is 0.252 e. The van der Waals surface area contributed by atoms with Crippen molar-refractivity contribution < 1.29 is 2.74 Å². The Morgan fingerprint density at radius 2 is 0.486 bits per heavy atom. The molecular weight excluding hydrogens is 1690 g/mol. The molecule has 0 spiro atoms. The maximum atomic E-state index is 11.5. The highest BCUT2D eigenvalue weighted by Gasteiger charge is 2.47. The number of anilines is 6. The molecule has 0 aliphatic carbocycles. The number of aromatic nitrogens is 2. The molecule has 4 heterocycles. The van der Waals surface area contributed by atoms with Crippen LogP contribution in [-0.4, -0.2) is 15.8 Å². The minimum absolute atomic E-state index is 0.0297. The highest BCUT2D eigenvalue weighted by atomic mass is 15.2. The predicted molar refractivity (Wildman–Crippen MR) is 606 cm³/mol. The van der Waals surface area contributed by atoms with Crippen molar-refractivity contribution in [2.75, 3.05) is 9.80 Å². The van der Waals surface area contributed by atoms with E-state index in [1.807, 2.05) is 0 Å². The van der Waals surface area contributed by atoms with Crippen LogP contribution in [0.2, 0.25) is 0 Å². The molecule has 0 N–H and O–H groups in total. The van der Waals surface area contributed by atoms with E-state index in [1.165, 1.54) is 33.4 Å². The lowest BCUT2D eigenvalue weighted by Gasteiger charge is -2.46. The van der Waals surface area contributed by atoms with Crippen molar-refractivity contribution in [1.82, 2.24) is 9.13 Å². The van der Waals surface area contributed by atoms with E-state index < -0.39 is 18.5 Å². The van der Waals surface area contributed by atoms with Crippen molar-refractivity contribution in [3.63, 3.8) is 0 Å². The summed E-state index contributed by atoms with van der Waals surface area (Å²) in [5.41, 5.74) is 40.0. The number of benzene rings is 17. The lowest BCUT2D eigenvalue weighted by molar-refractivity contribution is 0.411. The van der Waals surface area contributed by atoms with E-state index in [0.29, 0.717) is 5.56 Å². The van der Waals surface area contributed by atoms with Gasteiger partial charge in [-0.1, -0.05) is 400 Å². The van der Waals surface area contributed by atoms with Crippen molar-refractivity contribution in [3.8, 4) is 100 Å². The minimum Gasteiger partial charge on any atom is -0.310 e. The molecule has 0 fully saturated rings. The predicted octanol–water partition coefficient (Wildman–Crippen LogP) is 35.8. The van der Waals surface area contributed by atoms with Gasteiger partial charge in [0.05, 0.1) is 33.4 Å². The van der Waals surface area contributed by atoms with Crippen LogP contribution in [-0.2, 0) is 42.9 Å². The van der Waals surface area contributed by atoms with Crippen LogP contribution in [0.4, 0.5) is 34.1 Å². The van der Waals surface area contributed by atoms with Gasteiger partial charge in [0.1, 0.15) is 0 Å². The lowest BCUT2D eigenvalue weighted by atomic mass is 9.33. The zero-order valence-corrected chi connectivity index (χ0v) is 85.8. The van der Waals surface area contributed by atoms with E-state index in [2.05, 4.69) is 528 Å². The molecule has 17 aromatic carbocycles. The summed E-state index contributed by atoms with van der Waals surface area (Å²) in [6.45, 7) is 48.4. The molecule has 2 aliphatic rings. The van der Waals surface area contributed by atoms with Crippen molar-refractivity contribution in [2.24, 2.45) is 27.1 Å². The maximum absolute atomic E-state index is 11.5. The van der Waals surface area contributed by atoms with Crippen molar-refractivity contribution in [1.29, 1.82) is 0 Å². The zero-order chi connectivity index (χ0) is 99.4. The van der Waals surface area contributed by atoms with Crippen LogP contribution in [0.1, 0.15) is 187 Å². The second kappa shape index (κ2) is 35.1. The van der Waals surface area contributed by atoms with Crippen LogP contribution in [0.3, 0.4) is 0 Å². The summed E-state index contributed by atoms with van der Waals surface area (Å²) in [5, 5.41) is 4.63. The molecule has 0 amide bonds. The fourth-order valence-corrected chi connectivity index (χ4v) is 22.4. The fraction of sp³-hybridized carbons (Fsp3) is 0.244. The van der Waals surface area contributed by atoms with Crippen molar-refractivity contribution >= 4 is 101 Å². The van der Waals surface area contributed by atoms with Gasteiger partial charge in [0.25, 0.3) is 6.71 Å². The third-order valence-electron chi connectivity index (χ3n) is 28.3. The Labute approximate surface area is 835 Å². The molecule has 19 aromatic rings. The highest BCUT2D eigenvalue weighted by Crippen LogP contribution is 2.57. The molecule has 2 aromatic heterocycles. The monoisotopic (exact) mass is 1820 g/mol. The molecule has 696 valence electrons. The molecule has 5 heteroatoms. The molecule has 0 atom stereocenters. The Hall–Kier alpha value is -14.0. The topological polar surface area (TPSA) is 16.3 Å². The first-order valence-corrected chi connectivity index (χ1v) is 50.7. The van der Waals surface area contributed by atoms with Crippen LogP contribution in [0.25, 0.3) is 144 Å². The maximum Gasteiger partial charge on any atom is 0.252 e. The first kappa shape index (κ1) is 89.9. The summed E-state index contributed by atoms with van der Waals surface area (Å²) in [6.07, 6.45) is 1.48. The van der Waals surface area contributed by atoms with Gasteiger partial charge in [0.15, 0.2) is 0 Å². The Morgan fingerprint density at radius 3 is 0.736 bits per heavy atom. The molecule has 0 saturated carbocycles. The number of rotatable bonds is 17. The van der Waals surface area contributed by atoms with Crippen LogP contribution in [0.5, 0.6) is 0 Å². The molecule has 21 rings (SSSR count).